The molecule has 0 aliphatic rings. The molecule has 0 radical (unpaired) electrons. The molecule has 0 saturated heterocycles. The lowest BCUT2D eigenvalue weighted by atomic mass is 10.3. The van der Waals surface area contributed by atoms with Crippen molar-refractivity contribution in [2.75, 3.05) is 0 Å². The fraction of sp³-hybridized carbons (Fsp3) is 0.500. The van der Waals surface area contributed by atoms with Crippen LogP contribution in [0.15, 0.2) is 11.2 Å². The SMILES string of the molecule is C#CCCCn1cc(S(=O)(=O)Cl)nc1CC. The van der Waals surface area contributed by atoms with E-state index >= 15 is 0 Å². The molecule has 1 aromatic heterocycles. The van der Waals surface area contributed by atoms with Crippen LogP contribution in [0.1, 0.15) is 25.6 Å². The summed E-state index contributed by atoms with van der Waals surface area (Å²) >= 11 is 0. The molecule has 0 bridgehead atoms. The summed E-state index contributed by atoms with van der Waals surface area (Å²) in [6.07, 6.45) is 8.71. The highest BCUT2D eigenvalue weighted by atomic mass is 35.7. The van der Waals surface area contributed by atoms with Gasteiger partial charge in [0.25, 0.3) is 9.05 Å². The van der Waals surface area contributed by atoms with E-state index in [9.17, 15) is 8.42 Å². The van der Waals surface area contributed by atoms with Gasteiger partial charge in [0, 0.05) is 36.3 Å². The monoisotopic (exact) mass is 260 g/mol. The molecule has 0 atom stereocenters. The molecule has 0 spiro atoms. The Morgan fingerprint density at radius 1 is 1.62 bits per heavy atom. The lowest BCUT2D eigenvalue weighted by molar-refractivity contribution is 0.606. The molecule has 1 aromatic rings. The van der Waals surface area contributed by atoms with Crippen molar-refractivity contribution < 1.29 is 8.42 Å². The second-order valence-electron chi connectivity index (χ2n) is 3.29. The molecule has 1 heterocycles. The standard InChI is InChI=1S/C10H13ClN2O2S/c1-3-5-6-7-13-8-10(16(11,14)15)12-9(13)4-2/h1,8H,4-7H2,2H3. The molecule has 0 unspecified atom stereocenters. The number of rotatable bonds is 5. The highest BCUT2D eigenvalue weighted by Crippen LogP contribution is 2.15. The minimum Gasteiger partial charge on any atom is -0.333 e. The van der Waals surface area contributed by atoms with E-state index in [1.807, 2.05) is 6.92 Å². The average Bonchev–Trinajstić information content (AvgIpc) is 2.61. The summed E-state index contributed by atoms with van der Waals surface area (Å²) in [6.45, 7) is 2.57. The fourth-order valence-corrected chi connectivity index (χ4v) is 2.06. The van der Waals surface area contributed by atoms with Crippen molar-refractivity contribution in [3.05, 3.63) is 12.0 Å². The number of nitrogens with zero attached hydrogens (tertiary/aromatic N) is 2. The molecular formula is C10H13ClN2O2S. The minimum atomic E-state index is -3.75. The van der Waals surface area contributed by atoms with Gasteiger partial charge in [-0.25, -0.2) is 13.4 Å². The van der Waals surface area contributed by atoms with Crippen LogP contribution in [0.3, 0.4) is 0 Å². The Kier molecular flexibility index (Phi) is 4.39. The number of halogens is 1. The van der Waals surface area contributed by atoms with Crippen LogP contribution in [-0.2, 0) is 22.0 Å². The van der Waals surface area contributed by atoms with E-state index in [4.69, 9.17) is 17.1 Å². The largest absolute Gasteiger partial charge is 0.333 e. The van der Waals surface area contributed by atoms with E-state index in [2.05, 4.69) is 10.9 Å². The first-order valence-corrected chi connectivity index (χ1v) is 7.24. The number of hydrogen-bond acceptors (Lipinski definition) is 3. The molecule has 0 amide bonds. The van der Waals surface area contributed by atoms with Crippen LogP contribution in [0.25, 0.3) is 0 Å². The zero-order valence-electron chi connectivity index (χ0n) is 8.98. The number of aryl methyl sites for hydroxylation is 2. The van der Waals surface area contributed by atoms with Crippen LogP contribution in [0.4, 0.5) is 0 Å². The third-order valence-corrected chi connectivity index (χ3v) is 3.29. The number of unbranched alkanes of at least 4 members (excludes halogenated alkanes) is 1. The molecule has 0 N–H and O–H groups in total. The third-order valence-electron chi connectivity index (χ3n) is 2.12. The molecule has 88 valence electrons. The molecule has 16 heavy (non-hydrogen) atoms. The average molecular weight is 261 g/mol. The zero-order valence-corrected chi connectivity index (χ0v) is 10.6. The number of terminal acetylenes is 1. The molecule has 0 fully saturated rings. The zero-order chi connectivity index (χ0) is 12.2. The van der Waals surface area contributed by atoms with Crippen LogP contribution in [-0.4, -0.2) is 18.0 Å². The molecule has 6 heteroatoms. The van der Waals surface area contributed by atoms with Crippen LogP contribution < -0.4 is 0 Å². The van der Waals surface area contributed by atoms with E-state index in [1.165, 1.54) is 6.20 Å². The van der Waals surface area contributed by atoms with Crippen LogP contribution in [0.2, 0.25) is 0 Å². The van der Waals surface area contributed by atoms with Crippen LogP contribution >= 0.6 is 10.7 Å². The summed E-state index contributed by atoms with van der Waals surface area (Å²) in [4.78, 5) is 3.97. The summed E-state index contributed by atoms with van der Waals surface area (Å²) < 4.78 is 24.0. The van der Waals surface area contributed by atoms with Crippen molar-refractivity contribution in [1.29, 1.82) is 0 Å². The predicted molar refractivity (Wildman–Crippen MR) is 62.7 cm³/mol. The highest BCUT2D eigenvalue weighted by Gasteiger charge is 2.16. The van der Waals surface area contributed by atoms with Crippen molar-refractivity contribution >= 4 is 19.7 Å². The smallest absolute Gasteiger partial charge is 0.280 e. The van der Waals surface area contributed by atoms with Gasteiger partial charge in [0.2, 0.25) is 0 Å². The second-order valence-corrected chi connectivity index (χ2v) is 5.80. The van der Waals surface area contributed by atoms with Gasteiger partial charge in [-0.3, -0.25) is 0 Å². The summed E-state index contributed by atoms with van der Waals surface area (Å²) in [5, 5.41) is -0.0910. The Morgan fingerprint density at radius 3 is 2.81 bits per heavy atom. The Labute approximate surface area is 100 Å². The fourth-order valence-electron chi connectivity index (χ4n) is 1.37. The maximum atomic E-state index is 11.1. The summed E-state index contributed by atoms with van der Waals surface area (Å²) in [7, 11) is 1.48. The normalized spacial score (nSPS) is 11.3. The number of aromatic nitrogens is 2. The van der Waals surface area contributed by atoms with E-state index in [1.54, 1.807) is 4.57 Å². The van der Waals surface area contributed by atoms with Crippen molar-refractivity contribution in [2.45, 2.75) is 37.8 Å². The maximum absolute atomic E-state index is 11.1. The molecule has 0 aromatic carbocycles. The first kappa shape index (κ1) is 13.1. The van der Waals surface area contributed by atoms with Crippen molar-refractivity contribution in [3.8, 4) is 12.3 Å². The topological polar surface area (TPSA) is 52.0 Å². The Hall–Kier alpha value is -0.990. The van der Waals surface area contributed by atoms with Gasteiger partial charge in [0.05, 0.1) is 0 Å². The van der Waals surface area contributed by atoms with E-state index in [0.29, 0.717) is 25.2 Å². The summed E-state index contributed by atoms with van der Waals surface area (Å²) in [6, 6.07) is 0. The van der Waals surface area contributed by atoms with Gasteiger partial charge >= 0.3 is 0 Å². The second kappa shape index (κ2) is 5.37. The van der Waals surface area contributed by atoms with Crippen LogP contribution in [0, 0.1) is 12.3 Å². The third kappa shape index (κ3) is 3.26. The highest BCUT2D eigenvalue weighted by molar-refractivity contribution is 8.13. The summed E-state index contributed by atoms with van der Waals surface area (Å²) in [5.74, 6) is 3.24. The first-order valence-electron chi connectivity index (χ1n) is 4.93. The van der Waals surface area contributed by atoms with Gasteiger partial charge in [0.1, 0.15) is 5.82 Å². The van der Waals surface area contributed by atoms with Gasteiger partial charge in [-0.1, -0.05) is 6.92 Å². The van der Waals surface area contributed by atoms with E-state index in [0.717, 1.165) is 6.42 Å². The Bertz CT molecular complexity index is 499. The van der Waals surface area contributed by atoms with Crippen molar-refractivity contribution in [2.24, 2.45) is 0 Å². The van der Waals surface area contributed by atoms with Crippen LogP contribution in [0.5, 0.6) is 0 Å². The lowest BCUT2D eigenvalue weighted by Crippen LogP contribution is -2.01. The number of hydrogen-bond donors (Lipinski definition) is 0. The van der Waals surface area contributed by atoms with Crippen molar-refractivity contribution in [3.63, 3.8) is 0 Å². The molecule has 1 rings (SSSR count). The Balaban J connectivity index is 2.92. The molecule has 0 aliphatic heterocycles. The summed E-state index contributed by atoms with van der Waals surface area (Å²) in [5.41, 5.74) is 0. The molecule has 0 saturated carbocycles. The maximum Gasteiger partial charge on any atom is 0.280 e. The van der Waals surface area contributed by atoms with Gasteiger partial charge in [-0.05, 0) is 6.42 Å². The molecular weight excluding hydrogens is 248 g/mol. The first-order chi connectivity index (χ1) is 7.49. The van der Waals surface area contributed by atoms with E-state index < -0.39 is 9.05 Å². The lowest BCUT2D eigenvalue weighted by Gasteiger charge is -2.03. The Morgan fingerprint density at radius 2 is 2.31 bits per heavy atom. The van der Waals surface area contributed by atoms with Gasteiger partial charge in [-0.15, -0.1) is 12.3 Å². The van der Waals surface area contributed by atoms with Gasteiger partial charge in [0.15, 0.2) is 5.03 Å². The minimum absolute atomic E-state index is 0.0910. The quantitative estimate of drug-likeness (QED) is 0.461. The molecule has 0 aliphatic carbocycles. The van der Waals surface area contributed by atoms with E-state index in [-0.39, 0.29) is 5.03 Å². The van der Waals surface area contributed by atoms with Crippen molar-refractivity contribution in [1.82, 2.24) is 9.55 Å². The van der Waals surface area contributed by atoms with Gasteiger partial charge in [-0.2, -0.15) is 0 Å². The predicted octanol–water partition coefficient (Wildman–Crippen LogP) is 1.79. The molecule has 4 nitrogen and oxygen atoms in total. The van der Waals surface area contributed by atoms with Gasteiger partial charge < -0.3 is 4.57 Å². The number of imidazole rings is 1.